The normalized spacial score (nSPS) is 19.5. The first kappa shape index (κ1) is 21.4. The van der Waals surface area contributed by atoms with Gasteiger partial charge in [0, 0.05) is 0 Å². The molecule has 158 valence electrons. The maximum Gasteiger partial charge on any atom is 0.0991 e. The lowest BCUT2D eigenvalue weighted by molar-refractivity contribution is 0.297. The van der Waals surface area contributed by atoms with Crippen molar-refractivity contribution in [2.45, 2.75) is 63.7 Å². The van der Waals surface area contributed by atoms with Gasteiger partial charge in [-0.15, -0.1) is 0 Å². The van der Waals surface area contributed by atoms with Crippen molar-refractivity contribution in [1.82, 2.24) is 0 Å². The molecule has 0 amide bonds. The van der Waals surface area contributed by atoms with Gasteiger partial charge in [0.25, 0.3) is 0 Å². The van der Waals surface area contributed by atoms with E-state index < -0.39 is 0 Å². The van der Waals surface area contributed by atoms with Crippen LogP contribution in [0.1, 0.15) is 78.7 Å². The minimum atomic E-state index is 0.665. The summed E-state index contributed by atoms with van der Waals surface area (Å²) in [7, 11) is 0. The molecule has 1 aliphatic carbocycles. The van der Waals surface area contributed by atoms with Crippen molar-refractivity contribution in [3.63, 3.8) is 0 Å². The number of hydrogen-bond donors (Lipinski definition) is 0. The molecule has 0 saturated heterocycles. The van der Waals surface area contributed by atoms with Crippen LogP contribution < -0.4 is 0 Å². The Balaban J connectivity index is 1.24. The number of nitriles is 1. The molecule has 3 aromatic rings. The molecule has 0 heterocycles. The molecular weight excluding hydrogens is 374 g/mol. The zero-order valence-electron chi connectivity index (χ0n) is 18.6. The maximum atomic E-state index is 8.92. The van der Waals surface area contributed by atoms with E-state index in [1.807, 2.05) is 12.1 Å². The molecule has 3 aromatic carbocycles. The molecule has 0 N–H and O–H groups in total. The van der Waals surface area contributed by atoms with E-state index in [1.165, 1.54) is 54.4 Å². The number of benzene rings is 3. The van der Waals surface area contributed by atoms with Crippen molar-refractivity contribution in [3.05, 3.63) is 107 Å². The minimum absolute atomic E-state index is 0.665. The summed E-state index contributed by atoms with van der Waals surface area (Å²) in [5, 5.41) is 8.92. The predicted molar refractivity (Wildman–Crippen MR) is 129 cm³/mol. The summed E-state index contributed by atoms with van der Waals surface area (Å²) in [4.78, 5) is 0. The van der Waals surface area contributed by atoms with Crippen LogP contribution in [-0.4, -0.2) is 0 Å². The van der Waals surface area contributed by atoms with E-state index in [0.29, 0.717) is 5.92 Å². The highest BCUT2D eigenvalue weighted by molar-refractivity contribution is 5.32. The largest absolute Gasteiger partial charge is 0.192 e. The molecular formula is C30H33N. The fourth-order valence-corrected chi connectivity index (χ4v) is 5.14. The SMILES string of the molecule is C[C@H](CC1CCC(c2ccc(CCc3ccc(C#N)cc3)cc2)CC1)c1ccccc1. The molecule has 1 fully saturated rings. The van der Waals surface area contributed by atoms with E-state index in [9.17, 15) is 0 Å². The van der Waals surface area contributed by atoms with Crippen LogP contribution in [0.15, 0.2) is 78.9 Å². The van der Waals surface area contributed by atoms with Crippen LogP contribution >= 0.6 is 0 Å². The van der Waals surface area contributed by atoms with E-state index >= 15 is 0 Å². The second-order valence-electron chi connectivity index (χ2n) is 9.32. The van der Waals surface area contributed by atoms with Gasteiger partial charge in [-0.3, -0.25) is 0 Å². The Morgan fingerprint density at radius 1 is 0.774 bits per heavy atom. The summed E-state index contributed by atoms with van der Waals surface area (Å²) in [6.07, 6.45) is 8.79. The van der Waals surface area contributed by atoms with E-state index in [2.05, 4.69) is 79.7 Å². The molecule has 4 rings (SSSR count). The third-order valence-electron chi connectivity index (χ3n) is 7.14. The number of rotatable bonds is 7. The van der Waals surface area contributed by atoms with E-state index in [-0.39, 0.29) is 0 Å². The third kappa shape index (κ3) is 5.86. The molecule has 0 bridgehead atoms. The van der Waals surface area contributed by atoms with Crippen LogP contribution in [0.3, 0.4) is 0 Å². The van der Waals surface area contributed by atoms with Crippen molar-refractivity contribution < 1.29 is 0 Å². The van der Waals surface area contributed by atoms with Gasteiger partial charge in [-0.05, 0) is 97.1 Å². The van der Waals surface area contributed by atoms with E-state index in [0.717, 1.165) is 30.2 Å². The Morgan fingerprint density at radius 2 is 1.35 bits per heavy atom. The molecule has 1 atom stereocenters. The molecule has 1 heteroatoms. The summed E-state index contributed by atoms with van der Waals surface area (Å²) in [6.45, 7) is 2.39. The highest BCUT2D eigenvalue weighted by Crippen LogP contribution is 2.39. The van der Waals surface area contributed by atoms with Crippen molar-refractivity contribution in [1.29, 1.82) is 5.26 Å². The summed E-state index contributed by atoms with van der Waals surface area (Å²) >= 11 is 0. The van der Waals surface area contributed by atoms with Gasteiger partial charge in [0.15, 0.2) is 0 Å². The molecule has 0 radical (unpaired) electrons. The number of hydrogen-bond acceptors (Lipinski definition) is 1. The predicted octanol–water partition coefficient (Wildman–Crippen LogP) is 7.81. The highest BCUT2D eigenvalue weighted by atomic mass is 14.3. The fraction of sp³-hybridized carbons (Fsp3) is 0.367. The van der Waals surface area contributed by atoms with Crippen LogP contribution in [0.25, 0.3) is 0 Å². The van der Waals surface area contributed by atoms with Gasteiger partial charge in [0.1, 0.15) is 0 Å². The van der Waals surface area contributed by atoms with Crippen molar-refractivity contribution in [2.75, 3.05) is 0 Å². The monoisotopic (exact) mass is 407 g/mol. The van der Waals surface area contributed by atoms with Gasteiger partial charge in [-0.25, -0.2) is 0 Å². The molecule has 1 saturated carbocycles. The van der Waals surface area contributed by atoms with E-state index in [4.69, 9.17) is 5.26 Å². The van der Waals surface area contributed by atoms with Gasteiger partial charge in [0.2, 0.25) is 0 Å². The molecule has 1 aliphatic rings. The van der Waals surface area contributed by atoms with Crippen LogP contribution in [-0.2, 0) is 12.8 Å². The van der Waals surface area contributed by atoms with Gasteiger partial charge in [0.05, 0.1) is 11.6 Å². The van der Waals surface area contributed by atoms with Gasteiger partial charge < -0.3 is 0 Å². The highest BCUT2D eigenvalue weighted by Gasteiger charge is 2.24. The first-order valence-corrected chi connectivity index (χ1v) is 11.8. The van der Waals surface area contributed by atoms with Gasteiger partial charge in [-0.2, -0.15) is 5.26 Å². The standard InChI is InChI=1S/C30H33N/c1-23(28-5-3-2-4-6-28)21-26-15-19-30(20-16-26)29-17-13-25(14-18-29)8-7-24-9-11-27(22-31)12-10-24/h2-6,9-14,17-18,23,26,30H,7-8,15-16,19-21H2,1H3/t23-,26?,30?/m1/s1. The van der Waals surface area contributed by atoms with Crippen molar-refractivity contribution in [2.24, 2.45) is 5.92 Å². The quantitative estimate of drug-likeness (QED) is 0.392. The Morgan fingerprint density at radius 3 is 1.94 bits per heavy atom. The van der Waals surface area contributed by atoms with Crippen molar-refractivity contribution >= 4 is 0 Å². The summed E-state index contributed by atoms with van der Waals surface area (Å²) in [6, 6.07) is 30.5. The molecule has 1 nitrogen and oxygen atoms in total. The molecule has 0 spiro atoms. The van der Waals surface area contributed by atoms with Crippen LogP contribution in [0.4, 0.5) is 0 Å². The zero-order valence-corrected chi connectivity index (χ0v) is 18.6. The molecule has 0 aliphatic heterocycles. The number of aryl methyl sites for hydroxylation is 2. The fourth-order valence-electron chi connectivity index (χ4n) is 5.14. The van der Waals surface area contributed by atoms with Gasteiger partial charge >= 0.3 is 0 Å². The average Bonchev–Trinajstić information content (AvgIpc) is 2.84. The van der Waals surface area contributed by atoms with Gasteiger partial charge in [-0.1, -0.05) is 73.7 Å². The minimum Gasteiger partial charge on any atom is -0.192 e. The summed E-state index contributed by atoms with van der Waals surface area (Å²) in [5.41, 5.74) is 6.44. The Bertz CT molecular complexity index is 971. The Kier molecular flexibility index (Phi) is 7.21. The average molecular weight is 408 g/mol. The summed E-state index contributed by atoms with van der Waals surface area (Å²) < 4.78 is 0. The second kappa shape index (κ2) is 10.5. The topological polar surface area (TPSA) is 23.8 Å². The maximum absolute atomic E-state index is 8.92. The number of nitrogens with zero attached hydrogens (tertiary/aromatic N) is 1. The third-order valence-corrected chi connectivity index (χ3v) is 7.14. The molecule has 31 heavy (non-hydrogen) atoms. The lowest BCUT2D eigenvalue weighted by Gasteiger charge is -2.30. The second-order valence-corrected chi connectivity index (χ2v) is 9.32. The van der Waals surface area contributed by atoms with Crippen LogP contribution in [0, 0.1) is 17.2 Å². The summed E-state index contributed by atoms with van der Waals surface area (Å²) in [5.74, 6) is 2.27. The molecule has 0 unspecified atom stereocenters. The van der Waals surface area contributed by atoms with Crippen molar-refractivity contribution in [3.8, 4) is 6.07 Å². The Hall–Kier alpha value is -2.85. The zero-order chi connectivity index (χ0) is 21.5. The first-order valence-electron chi connectivity index (χ1n) is 11.8. The lowest BCUT2D eigenvalue weighted by atomic mass is 9.75. The lowest BCUT2D eigenvalue weighted by Crippen LogP contribution is -2.15. The van der Waals surface area contributed by atoms with E-state index in [1.54, 1.807) is 0 Å². The smallest absolute Gasteiger partial charge is 0.0991 e. The molecule has 0 aromatic heterocycles. The van der Waals surface area contributed by atoms with Crippen LogP contribution in [0.2, 0.25) is 0 Å². The Labute approximate surface area is 187 Å². The van der Waals surface area contributed by atoms with Crippen LogP contribution in [0.5, 0.6) is 0 Å². The first-order chi connectivity index (χ1) is 15.2.